The minimum atomic E-state index is -0.550. The van der Waals surface area contributed by atoms with E-state index in [1.54, 1.807) is 12.4 Å². The van der Waals surface area contributed by atoms with Gasteiger partial charge in [0.2, 0.25) is 11.8 Å². The lowest BCUT2D eigenvalue weighted by atomic mass is 9.86. The number of imidazole rings is 2. The van der Waals surface area contributed by atoms with Crippen molar-refractivity contribution in [3.63, 3.8) is 0 Å². The maximum Gasteiger partial charge on any atom is 0.237 e. The Morgan fingerprint density at radius 2 is 1.02 bits per heavy atom. The smallest absolute Gasteiger partial charge is 0.237 e. The summed E-state index contributed by atoms with van der Waals surface area (Å²) in [5.74, 6) is 1.53. The standard InChI is InChI=1S/2C17H20N6O/c2*1-8(2)23-13-6-12-11(5-9(13)17(3,4)16(23)24)20-15(21-12)14-10(18)7-19-22-14/h2*5-8H,18H2,1-4H3,(H,19,22)(H,20,21). The number of aromatic amines is 4. The van der Waals surface area contributed by atoms with Crippen molar-refractivity contribution in [2.45, 2.75) is 78.3 Å². The van der Waals surface area contributed by atoms with E-state index in [1.165, 1.54) is 0 Å². The summed E-state index contributed by atoms with van der Waals surface area (Å²) in [7, 11) is 0. The second-order valence-corrected chi connectivity index (χ2v) is 14.1. The number of hydrogen-bond donors (Lipinski definition) is 6. The number of nitrogens with one attached hydrogen (secondary N) is 4. The number of amides is 2. The zero-order valence-corrected chi connectivity index (χ0v) is 28.3. The second kappa shape index (κ2) is 10.4. The molecule has 4 aromatic heterocycles. The van der Waals surface area contributed by atoms with Gasteiger partial charge in [0.1, 0.15) is 11.4 Å². The second-order valence-electron chi connectivity index (χ2n) is 14.1. The Morgan fingerprint density at radius 3 is 1.33 bits per heavy atom. The number of carbonyl (C=O) groups is 2. The number of nitrogens with two attached hydrogens (primary N) is 2. The van der Waals surface area contributed by atoms with Gasteiger partial charge in [-0.25, -0.2) is 9.97 Å². The Kier molecular flexibility index (Phi) is 6.72. The number of nitrogens with zero attached hydrogens (tertiary/aromatic N) is 6. The molecular formula is C34H40N12O2. The summed E-state index contributed by atoms with van der Waals surface area (Å²) in [5, 5.41) is 13.6. The molecule has 0 spiro atoms. The van der Waals surface area contributed by atoms with Crippen LogP contribution in [-0.4, -0.2) is 64.2 Å². The number of H-pyrrole nitrogens is 4. The normalized spacial score (nSPS) is 16.4. The van der Waals surface area contributed by atoms with E-state index in [2.05, 4.69) is 40.3 Å². The summed E-state index contributed by atoms with van der Waals surface area (Å²) < 4.78 is 0. The first kappa shape index (κ1) is 31.0. The lowest BCUT2D eigenvalue weighted by molar-refractivity contribution is -0.123. The van der Waals surface area contributed by atoms with Gasteiger partial charge in [-0.05, 0) is 90.8 Å². The van der Waals surface area contributed by atoms with Crippen LogP contribution in [0, 0.1) is 0 Å². The van der Waals surface area contributed by atoms with Gasteiger partial charge in [-0.1, -0.05) is 0 Å². The van der Waals surface area contributed by atoms with Crippen LogP contribution in [-0.2, 0) is 20.4 Å². The van der Waals surface area contributed by atoms with E-state index in [1.807, 2.05) is 89.5 Å². The van der Waals surface area contributed by atoms with E-state index in [4.69, 9.17) is 11.5 Å². The molecule has 0 bridgehead atoms. The number of fused-ring (bicyclic) bond motifs is 4. The maximum absolute atomic E-state index is 12.8. The summed E-state index contributed by atoms with van der Waals surface area (Å²) in [6.07, 6.45) is 3.12. The lowest BCUT2D eigenvalue weighted by Gasteiger charge is -2.24. The van der Waals surface area contributed by atoms with Gasteiger partial charge in [-0.15, -0.1) is 0 Å². The first-order valence-electron chi connectivity index (χ1n) is 16.0. The summed E-state index contributed by atoms with van der Waals surface area (Å²) in [5.41, 5.74) is 20.4. The summed E-state index contributed by atoms with van der Waals surface area (Å²) in [6.45, 7) is 15.9. The Hall–Kier alpha value is -5.66. The Labute approximate surface area is 276 Å². The molecule has 14 nitrogen and oxygen atoms in total. The van der Waals surface area contributed by atoms with Crippen molar-refractivity contribution in [3.05, 3.63) is 47.8 Å². The van der Waals surface area contributed by atoms with E-state index >= 15 is 0 Å². The molecule has 48 heavy (non-hydrogen) atoms. The van der Waals surface area contributed by atoms with Gasteiger partial charge >= 0.3 is 0 Å². The largest absolute Gasteiger partial charge is 0.396 e. The van der Waals surface area contributed by atoms with Crippen molar-refractivity contribution in [2.24, 2.45) is 0 Å². The molecule has 6 heterocycles. The summed E-state index contributed by atoms with van der Waals surface area (Å²) in [6, 6.07) is 8.18. The molecular weight excluding hydrogens is 608 g/mol. The zero-order chi connectivity index (χ0) is 34.4. The number of rotatable bonds is 4. The van der Waals surface area contributed by atoms with Crippen LogP contribution in [0.1, 0.15) is 66.5 Å². The van der Waals surface area contributed by atoms with E-state index in [0.717, 1.165) is 44.6 Å². The molecule has 0 aliphatic carbocycles. The number of hydrogen-bond acceptors (Lipinski definition) is 8. The molecule has 0 atom stereocenters. The third-order valence-corrected chi connectivity index (χ3v) is 9.42. The molecule has 8 rings (SSSR count). The molecule has 0 saturated heterocycles. The van der Waals surface area contributed by atoms with Crippen LogP contribution in [0.3, 0.4) is 0 Å². The number of benzene rings is 2. The Morgan fingerprint density at radius 1 is 0.646 bits per heavy atom. The van der Waals surface area contributed by atoms with Crippen LogP contribution in [0.25, 0.3) is 45.1 Å². The molecule has 0 unspecified atom stereocenters. The predicted octanol–water partition coefficient (Wildman–Crippen LogP) is 5.14. The molecule has 2 aromatic carbocycles. The van der Waals surface area contributed by atoms with Crippen LogP contribution in [0.15, 0.2) is 36.7 Å². The summed E-state index contributed by atoms with van der Waals surface area (Å²) in [4.78, 5) is 45.1. The fraction of sp³-hybridized carbons (Fsp3) is 0.353. The van der Waals surface area contributed by atoms with Crippen LogP contribution >= 0.6 is 0 Å². The van der Waals surface area contributed by atoms with Gasteiger partial charge in [-0.2, -0.15) is 10.2 Å². The van der Waals surface area contributed by atoms with Crippen molar-refractivity contribution < 1.29 is 9.59 Å². The minimum absolute atomic E-state index is 0.0946. The zero-order valence-electron chi connectivity index (χ0n) is 28.3. The third kappa shape index (κ3) is 4.46. The van der Waals surface area contributed by atoms with Gasteiger partial charge in [0.05, 0.1) is 68.0 Å². The predicted molar refractivity (Wildman–Crippen MR) is 187 cm³/mol. The Bertz CT molecular complexity index is 2090. The minimum Gasteiger partial charge on any atom is -0.396 e. The highest BCUT2D eigenvalue weighted by atomic mass is 16.2. The Balaban J connectivity index is 0.000000152. The van der Waals surface area contributed by atoms with Gasteiger partial charge in [0, 0.05) is 12.1 Å². The third-order valence-electron chi connectivity index (χ3n) is 9.42. The highest BCUT2D eigenvalue weighted by Gasteiger charge is 2.46. The van der Waals surface area contributed by atoms with Crippen molar-refractivity contribution in [3.8, 4) is 23.0 Å². The molecule has 248 valence electrons. The topological polar surface area (TPSA) is 207 Å². The van der Waals surface area contributed by atoms with E-state index in [9.17, 15) is 9.59 Å². The van der Waals surface area contributed by atoms with Crippen LogP contribution in [0.4, 0.5) is 22.7 Å². The van der Waals surface area contributed by atoms with E-state index < -0.39 is 10.8 Å². The highest BCUT2D eigenvalue weighted by molar-refractivity contribution is 6.11. The molecule has 2 aliphatic rings. The average molecular weight is 649 g/mol. The number of aromatic nitrogens is 8. The number of carbonyl (C=O) groups excluding carboxylic acids is 2. The fourth-order valence-electron chi connectivity index (χ4n) is 6.78. The van der Waals surface area contributed by atoms with Crippen molar-refractivity contribution in [2.75, 3.05) is 21.3 Å². The van der Waals surface area contributed by atoms with Crippen molar-refractivity contribution in [1.29, 1.82) is 0 Å². The van der Waals surface area contributed by atoms with E-state index in [0.29, 0.717) is 34.4 Å². The quantitative estimate of drug-likeness (QED) is 0.151. The van der Waals surface area contributed by atoms with Gasteiger partial charge in [0.25, 0.3) is 0 Å². The molecule has 8 N–H and O–H groups in total. The monoisotopic (exact) mass is 648 g/mol. The van der Waals surface area contributed by atoms with Gasteiger partial charge in [0.15, 0.2) is 11.6 Å². The molecule has 6 aromatic rings. The molecule has 0 fully saturated rings. The first-order valence-corrected chi connectivity index (χ1v) is 16.0. The SMILES string of the molecule is CC(C)N1C(=O)C(C)(C)c2cc3[nH]c(-c4[nH]ncc4N)nc3cc21.CC(C)N1C(=O)C(C)(C)c2cc3[nH]c(-c4[nH]ncc4N)nc3cc21. The molecule has 2 aliphatic heterocycles. The van der Waals surface area contributed by atoms with Crippen LogP contribution in [0.5, 0.6) is 0 Å². The molecule has 2 amide bonds. The van der Waals surface area contributed by atoms with Crippen molar-refractivity contribution in [1.82, 2.24) is 40.3 Å². The fourth-order valence-corrected chi connectivity index (χ4v) is 6.78. The average Bonchev–Trinajstić information content (AvgIpc) is 3.84. The number of anilines is 4. The van der Waals surface area contributed by atoms with Gasteiger partial charge < -0.3 is 31.2 Å². The van der Waals surface area contributed by atoms with Crippen LogP contribution < -0.4 is 21.3 Å². The number of nitrogen functional groups attached to an aromatic ring is 2. The molecule has 14 heteroatoms. The molecule has 0 radical (unpaired) electrons. The van der Waals surface area contributed by atoms with Crippen LogP contribution in [0.2, 0.25) is 0 Å². The van der Waals surface area contributed by atoms with Gasteiger partial charge in [-0.3, -0.25) is 19.8 Å². The van der Waals surface area contributed by atoms with Crippen molar-refractivity contribution >= 4 is 56.6 Å². The first-order chi connectivity index (χ1) is 22.6. The molecule has 0 saturated carbocycles. The lowest BCUT2D eigenvalue weighted by Crippen LogP contribution is -2.40. The van der Waals surface area contributed by atoms with E-state index in [-0.39, 0.29) is 23.9 Å². The maximum atomic E-state index is 12.8. The highest BCUT2D eigenvalue weighted by Crippen LogP contribution is 2.46. The summed E-state index contributed by atoms with van der Waals surface area (Å²) >= 11 is 0.